The van der Waals surface area contributed by atoms with Gasteiger partial charge in [-0.25, -0.2) is 4.98 Å². The molecule has 20 heavy (non-hydrogen) atoms. The van der Waals surface area contributed by atoms with Crippen molar-refractivity contribution < 1.29 is 5.11 Å². The zero-order chi connectivity index (χ0) is 14.1. The lowest BCUT2D eigenvalue weighted by Gasteiger charge is -2.08. The van der Waals surface area contributed by atoms with Gasteiger partial charge in [-0.2, -0.15) is 0 Å². The molecule has 0 aliphatic rings. The number of aromatic nitrogens is 2. The van der Waals surface area contributed by atoms with Gasteiger partial charge in [0, 0.05) is 17.3 Å². The third kappa shape index (κ3) is 1.74. The van der Waals surface area contributed by atoms with Crippen LogP contribution >= 0.6 is 0 Å². The maximum atomic E-state index is 11.2. The Hall–Kier alpha value is -2.43. The van der Waals surface area contributed by atoms with E-state index in [2.05, 4.69) is 17.1 Å². The Morgan fingerprint density at radius 2 is 2.05 bits per heavy atom. The summed E-state index contributed by atoms with van der Waals surface area (Å²) in [5.41, 5.74) is 1.35. The summed E-state index contributed by atoms with van der Waals surface area (Å²) in [7, 11) is 0. The molecule has 0 aliphatic carbocycles. The summed E-state index contributed by atoms with van der Waals surface area (Å²) < 4.78 is 1.88. The quantitative estimate of drug-likeness (QED) is 0.725. The highest BCUT2D eigenvalue weighted by Crippen LogP contribution is 2.41. The normalized spacial score (nSPS) is 11.2. The largest absolute Gasteiger partial charge is 0.505 e. The van der Waals surface area contributed by atoms with E-state index in [0.717, 1.165) is 19.4 Å². The average molecular weight is 269 g/mol. The van der Waals surface area contributed by atoms with E-state index in [-0.39, 0.29) is 5.75 Å². The summed E-state index contributed by atoms with van der Waals surface area (Å²) >= 11 is 0. The molecule has 102 valence electrons. The van der Waals surface area contributed by atoms with Gasteiger partial charge in [0.1, 0.15) is 22.5 Å². The van der Waals surface area contributed by atoms with Crippen LogP contribution in [-0.2, 0) is 6.54 Å². The van der Waals surface area contributed by atoms with Crippen LogP contribution in [0.4, 0.5) is 5.69 Å². The first-order chi connectivity index (χ1) is 9.77. The molecule has 0 amide bonds. The predicted octanol–water partition coefficient (Wildman–Crippen LogP) is 4.09. The second-order valence-electron chi connectivity index (χ2n) is 4.82. The molecule has 0 saturated heterocycles. The van der Waals surface area contributed by atoms with Gasteiger partial charge in [-0.3, -0.25) is 0 Å². The van der Waals surface area contributed by atoms with Crippen molar-refractivity contribution in [2.75, 3.05) is 0 Å². The van der Waals surface area contributed by atoms with Crippen LogP contribution in [0.1, 0.15) is 19.8 Å². The highest BCUT2D eigenvalue weighted by molar-refractivity contribution is 6.12. The average Bonchev–Trinajstić information content (AvgIpc) is 2.90. The zero-order valence-corrected chi connectivity index (χ0v) is 11.2. The minimum atomic E-state index is 0.164. The van der Waals surface area contributed by atoms with Crippen molar-refractivity contribution in [1.82, 2.24) is 9.55 Å². The Bertz CT molecular complexity index is 793. The number of hydrogen-bond acceptors (Lipinski definition) is 4. The van der Waals surface area contributed by atoms with Crippen LogP contribution in [0.25, 0.3) is 21.8 Å². The van der Waals surface area contributed by atoms with Crippen molar-refractivity contribution in [2.24, 2.45) is 5.18 Å². The van der Waals surface area contributed by atoms with Crippen LogP contribution in [0.15, 0.2) is 35.8 Å². The Kier molecular flexibility index (Phi) is 3.10. The topological polar surface area (TPSA) is 67.5 Å². The molecule has 1 aromatic heterocycles. The van der Waals surface area contributed by atoms with Gasteiger partial charge < -0.3 is 9.67 Å². The number of hydrogen-bond donors (Lipinski definition) is 1. The van der Waals surface area contributed by atoms with E-state index in [1.165, 1.54) is 0 Å². The number of rotatable bonds is 4. The monoisotopic (exact) mass is 269 g/mol. The molecule has 0 atom stereocenters. The Morgan fingerprint density at radius 3 is 2.75 bits per heavy atom. The van der Waals surface area contributed by atoms with Crippen molar-refractivity contribution in [1.29, 1.82) is 0 Å². The Labute approximate surface area is 115 Å². The van der Waals surface area contributed by atoms with Crippen LogP contribution in [0.5, 0.6) is 5.75 Å². The van der Waals surface area contributed by atoms with Gasteiger partial charge in [0.15, 0.2) is 0 Å². The summed E-state index contributed by atoms with van der Waals surface area (Å²) in [4.78, 5) is 15.5. The molecule has 3 aromatic rings. The van der Waals surface area contributed by atoms with Gasteiger partial charge >= 0.3 is 0 Å². The van der Waals surface area contributed by atoms with Crippen molar-refractivity contribution in [2.45, 2.75) is 26.3 Å². The minimum Gasteiger partial charge on any atom is -0.505 e. The van der Waals surface area contributed by atoms with Gasteiger partial charge in [-0.1, -0.05) is 37.6 Å². The number of unbranched alkanes of at least 4 members (excludes halogenated alkanes) is 1. The molecule has 2 aromatic carbocycles. The van der Waals surface area contributed by atoms with Crippen molar-refractivity contribution in [3.63, 3.8) is 0 Å². The van der Waals surface area contributed by atoms with E-state index in [1.54, 1.807) is 18.5 Å². The fraction of sp³-hybridized carbons (Fsp3) is 0.267. The highest BCUT2D eigenvalue weighted by Gasteiger charge is 2.18. The molecule has 0 radical (unpaired) electrons. The van der Waals surface area contributed by atoms with Crippen molar-refractivity contribution >= 4 is 27.5 Å². The second kappa shape index (κ2) is 4.92. The molecule has 1 N–H and O–H groups in total. The molecule has 3 rings (SSSR count). The van der Waals surface area contributed by atoms with Gasteiger partial charge in [-0.05, 0) is 11.6 Å². The lowest BCUT2D eigenvalue weighted by Crippen LogP contribution is -1.95. The second-order valence-corrected chi connectivity index (χ2v) is 4.82. The lowest BCUT2D eigenvalue weighted by molar-refractivity contribution is 0.483. The molecular weight excluding hydrogens is 254 g/mol. The van der Waals surface area contributed by atoms with Crippen LogP contribution in [-0.4, -0.2) is 14.7 Å². The molecule has 0 saturated carbocycles. The SMILES string of the molecule is CCCCn1cnc2c(N=O)c3ccccc3c(O)c21. The first-order valence-electron chi connectivity index (χ1n) is 6.69. The molecular formula is C15H15N3O2. The van der Waals surface area contributed by atoms with Crippen molar-refractivity contribution in [3.8, 4) is 5.75 Å². The molecule has 0 unspecified atom stereocenters. The van der Waals surface area contributed by atoms with Crippen LogP contribution in [0.3, 0.4) is 0 Å². The maximum Gasteiger partial charge on any atom is 0.149 e. The van der Waals surface area contributed by atoms with Crippen LogP contribution in [0, 0.1) is 4.91 Å². The molecule has 1 heterocycles. The fourth-order valence-electron chi connectivity index (χ4n) is 2.55. The van der Waals surface area contributed by atoms with Crippen molar-refractivity contribution in [3.05, 3.63) is 35.5 Å². The fourth-order valence-corrected chi connectivity index (χ4v) is 2.55. The lowest BCUT2D eigenvalue weighted by atomic mass is 10.1. The van der Waals surface area contributed by atoms with Gasteiger partial charge in [-0.15, -0.1) is 4.91 Å². The Morgan fingerprint density at radius 1 is 1.30 bits per heavy atom. The number of fused-ring (bicyclic) bond motifs is 2. The Balaban J connectivity index is 2.39. The summed E-state index contributed by atoms with van der Waals surface area (Å²) in [6.45, 7) is 2.87. The number of aryl methyl sites for hydroxylation is 1. The zero-order valence-electron chi connectivity index (χ0n) is 11.2. The number of aromatic hydroxyl groups is 1. The third-order valence-electron chi connectivity index (χ3n) is 3.57. The molecule has 5 nitrogen and oxygen atoms in total. The highest BCUT2D eigenvalue weighted by atomic mass is 16.3. The van der Waals surface area contributed by atoms with E-state index in [9.17, 15) is 10.0 Å². The number of imidazole rings is 1. The van der Waals surface area contributed by atoms with E-state index in [1.807, 2.05) is 16.7 Å². The molecule has 0 aliphatic heterocycles. The summed E-state index contributed by atoms with van der Waals surface area (Å²) in [5, 5.41) is 14.9. The van der Waals surface area contributed by atoms with Crippen LogP contribution < -0.4 is 0 Å². The number of benzene rings is 2. The van der Waals surface area contributed by atoms with Gasteiger partial charge in [0.05, 0.1) is 6.33 Å². The van der Waals surface area contributed by atoms with E-state index < -0.39 is 0 Å². The first kappa shape index (κ1) is 12.6. The summed E-state index contributed by atoms with van der Waals surface area (Å²) in [5.74, 6) is 0.164. The number of nitroso groups, excluding NO2 is 1. The van der Waals surface area contributed by atoms with Crippen LogP contribution in [0.2, 0.25) is 0 Å². The van der Waals surface area contributed by atoms with E-state index in [0.29, 0.717) is 27.5 Å². The number of phenolic OH excluding ortho intramolecular Hbond substituents is 1. The molecule has 0 bridgehead atoms. The summed E-state index contributed by atoms with van der Waals surface area (Å²) in [6.07, 6.45) is 3.70. The minimum absolute atomic E-state index is 0.164. The van der Waals surface area contributed by atoms with E-state index >= 15 is 0 Å². The van der Waals surface area contributed by atoms with E-state index in [4.69, 9.17) is 0 Å². The predicted molar refractivity (Wildman–Crippen MR) is 79.3 cm³/mol. The number of nitrogens with zero attached hydrogens (tertiary/aromatic N) is 3. The molecule has 5 heteroatoms. The summed E-state index contributed by atoms with van der Waals surface area (Å²) in [6, 6.07) is 7.21. The molecule has 0 fully saturated rings. The standard InChI is InChI=1S/C15H15N3O2/c1-2-3-8-18-9-16-13-12(17-20)10-6-4-5-7-11(10)15(19)14(13)18/h4-7,9,19H,2-3,8H2,1H3. The first-order valence-corrected chi connectivity index (χ1v) is 6.69. The smallest absolute Gasteiger partial charge is 0.149 e. The third-order valence-corrected chi connectivity index (χ3v) is 3.57. The van der Waals surface area contributed by atoms with Gasteiger partial charge in [0.25, 0.3) is 0 Å². The number of phenols is 1. The maximum absolute atomic E-state index is 11.2. The molecule has 0 spiro atoms. The van der Waals surface area contributed by atoms with Gasteiger partial charge in [0.2, 0.25) is 0 Å².